The summed E-state index contributed by atoms with van der Waals surface area (Å²) in [7, 11) is 0. The maximum atomic E-state index is 4.56. The quantitative estimate of drug-likeness (QED) is 0.723. The predicted molar refractivity (Wildman–Crippen MR) is 64.8 cm³/mol. The zero-order chi connectivity index (χ0) is 12.1. The van der Waals surface area contributed by atoms with Crippen molar-refractivity contribution in [3.8, 4) is 0 Å². The minimum Gasteiger partial charge on any atom is -0.363 e. The highest BCUT2D eigenvalue weighted by Gasteiger charge is 2.11. The maximum absolute atomic E-state index is 4.56. The first-order valence-corrected chi connectivity index (χ1v) is 5.05. The molecule has 2 aromatic rings. The molecule has 0 fully saturated rings. The number of hydrogen-bond acceptors (Lipinski definition) is 7. The van der Waals surface area contributed by atoms with E-state index >= 15 is 0 Å². The third-order valence-corrected chi connectivity index (χ3v) is 1.94. The normalized spacial score (nSPS) is 10.1. The Morgan fingerprint density at radius 2 is 1.41 bits per heavy atom. The predicted octanol–water partition coefficient (Wildman–Crippen LogP) is 1.21. The van der Waals surface area contributed by atoms with Gasteiger partial charge in [-0.2, -0.15) is 0 Å². The molecule has 88 valence electrons. The highest BCUT2D eigenvalue weighted by atomic mass is 16.6. The lowest BCUT2D eigenvalue weighted by molar-refractivity contribution is 0.314. The lowest BCUT2D eigenvalue weighted by atomic mass is 10.5. The summed E-state index contributed by atoms with van der Waals surface area (Å²) in [4.78, 5) is 8.48. The minimum atomic E-state index is 0.362. The van der Waals surface area contributed by atoms with Gasteiger partial charge >= 0.3 is 0 Å². The Morgan fingerprint density at radius 1 is 0.941 bits per heavy atom. The molecular formula is C10H12N6O. The number of rotatable bonds is 6. The van der Waals surface area contributed by atoms with Crippen LogP contribution in [0, 0.1) is 0 Å². The van der Waals surface area contributed by atoms with Crippen LogP contribution in [0.4, 0.5) is 11.6 Å². The van der Waals surface area contributed by atoms with Crippen LogP contribution in [0.25, 0.3) is 11.3 Å². The molecular weight excluding hydrogens is 220 g/mol. The van der Waals surface area contributed by atoms with Crippen LogP contribution in [0.3, 0.4) is 0 Å². The van der Waals surface area contributed by atoms with Gasteiger partial charge in [0.15, 0.2) is 11.6 Å². The summed E-state index contributed by atoms with van der Waals surface area (Å²) in [6, 6.07) is 0. The first-order chi connectivity index (χ1) is 8.35. The van der Waals surface area contributed by atoms with Gasteiger partial charge in [0.25, 0.3) is 0 Å². The third kappa shape index (κ3) is 2.39. The highest BCUT2D eigenvalue weighted by Crippen LogP contribution is 2.18. The number of aromatic nitrogens is 4. The Morgan fingerprint density at radius 3 is 1.82 bits per heavy atom. The molecule has 0 aliphatic heterocycles. The Hall–Kier alpha value is -2.44. The number of hydrogen-bond donors (Lipinski definition) is 2. The van der Waals surface area contributed by atoms with Crippen LogP contribution in [0.5, 0.6) is 0 Å². The van der Waals surface area contributed by atoms with E-state index in [9.17, 15) is 0 Å². The molecule has 0 saturated carbocycles. The van der Waals surface area contributed by atoms with Crippen molar-refractivity contribution < 1.29 is 4.63 Å². The molecule has 2 rings (SSSR count). The van der Waals surface area contributed by atoms with Crippen LogP contribution in [0.15, 0.2) is 29.9 Å². The number of fused-ring (bicyclic) bond motifs is 1. The Labute approximate surface area is 97.6 Å². The van der Waals surface area contributed by atoms with E-state index in [0.29, 0.717) is 36.0 Å². The monoisotopic (exact) mass is 232 g/mol. The highest BCUT2D eigenvalue weighted by molar-refractivity contribution is 5.73. The van der Waals surface area contributed by atoms with Crippen molar-refractivity contribution in [1.29, 1.82) is 0 Å². The molecule has 0 radical (unpaired) electrons. The van der Waals surface area contributed by atoms with Crippen molar-refractivity contribution in [1.82, 2.24) is 20.3 Å². The van der Waals surface area contributed by atoms with Gasteiger partial charge in [0.1, 0.15) is 0 Å². The number of nitrogens with zero attached hydrogens (tertiary/aromatic N) is 4. The van der Waals surface area contributed by atoms with Gasteiger partial charge < -0.3 is 10.6 Å². The van der Waals surface area contributed by atoms with Gasteiger partial charge in [-0.25, -0.2) is 14.6 Å². The van der Waals surface area contributed by atoms with Crippen LogP contribution in [-0.4, -0.2) is 33.4 Å². The summed E-state index contributed by atoms with van der Waals surface area (Å²) in [6.45, 7) is 8.41. The molecule has 0 bridgehead atoms. The van der Waals surface area contributed by atoms with E-state index in [1.807, 2.05) is 0 Å². The molecule has 7 nitrogen and oxygen atoms in total. The minimum absolute atomic E-state index is 0.362. The molecule has 2 N–H and O–H groups in total. The Kier molecular flexibility index (Phi) is 3.29. The molecule has 0 aliphatic rings. The zero-order valence-electron chi connectivity index (χ0n) is 9.18. The SMILES string of the molecule is C=CCNc1nc2nonc2nc1NCC=C. The van der Waals surface area contributed by atoms with Gasteiger partial charge in [-0.1, -0.05) is 12.2 Å². The molecule has 0 unspecified atom stereocenters. The summed E-state index contributed by atoms with van der Waals surface area (Å²) in [5, 5.41) is 13.4. The third-order valence-electron chi connectivity index (χ3n) is 1.94. The second-order valence-electron chi connectivity index (χ2n) is 3.17. The fourth-order valence-electron chi connectivity index (χ4n) is 1.22. The molecule has 0 aliphatic carbocycles. The van der Waals surface area contributed by atoms with E-state index < -0.39 is 0 Å². The van der Waals surface area contributed by atoms with E-state index in [0.717, 1.165) is 0 Å². The van der Waals surface area contributed by atoms with Crippen LogP contribution in [0.2, 0.25) is 0 Å². The largest absolute Gasteiger partial charge is 0.363 e. The van der Waals surface area contributed by atoms with Crippen molar-refractivity contribution in [2.45, 2.75) is 0 Å². The number of nitrogens with one attached hydrogen (secondary N) is 2. The molecule has 2 heterocycles. The van der Waals surface area contributed by atoms with E-state index in [-0.39, 0.29) is 0 Å². The van der Waals surface area contributed by atoms with Crippen LogP contribution in [-0.2, 0) is 0 Å². The standard InChI is InChI=1S/C10H12N6O/c1-3-5-11-7-8(12-6-4-2)14-10-9(13-7)15-17-16-10/h3-4H,1-2,5-6H2,(H,11,13,15)(H,12,14,16). The molecule has 0 amide bonds. The summed E-state index contributed by atoms with van der Waals surface area (Å²) in [5.41, 5.74) is 0.724. The van der Waals surface area contributed by atoms with E-state index in [4.69, 9.17) is 0 Å². The fraction of sp³-hybridized carbons (Fsp3) is 0.200. The van der Waals surface area contributed by atoms with Gasteiger partial charge in [-0.05, 0) is 10.3 Å². The first kappa shape index (κ1) is 11.1. The van der Waals surface area contributed by atoms with Crippen molar-refractivity contribution in [3.05, 3.63) is 25.3 Å². The van der Waals surface area contributed by atoms with Gasteiger partial charge in [0, 0.05) is 13.1 Å². The van der Waals surface area contributed by atoms with Gasteiger partial charge in [0.05, 0.1) is 0 Å². The zero-order valence-corrected chi connectivity index (χ0v) is 9.18. The molecule has 17 heavy (non-hydrogen) atoms. The number of anilines is 2. The summed E-state index contributed by atoms with van der Waals surface area (Å²) in [6.07, 6.45) is 3.45. The molecule has 0 saturated heterocycles. The lowest BCUT2D eigenvalue weighted by Gasteiger charge is -2.08. The molecule has 2 aromatic heterocycles. The Bertz CT molecular complexity index is 489. The molecule has 0 spiro atoms. The van der Waals surface area contributed by atoms with Crippen LogP contribution < -0.4 is 10.6 Å². The van der Waals surface area contributed by atoms with Crippen molar-refractivity contribution in [2.24, 2.45) is 0 Å². The summed E-state index contributed by atoms with van der Waals surface area (Å²) >= 11 is 0. The van der Waals surface area contributed by atoms with Crippen molar-refractivity contribution in [3.63, 3.8) is 0 Å². The average Bonchev–Trinajstić information content (AvgIpc) is 2.80. The summed E-state index contributed by atoms with van der Waals surface area (Å²) in [5.74, 6) is 1.16. The van der Waals surface area contributed by atoms with Gasteiger partial charge in [-0.15, -0.1) is 13.2 Å². The van der Waals surface area contributed by atoms with E-state index in [1.54, 1.807) is 12.2 Å². The van der Waals surface area contributed by atoms with Crippen LogP contribution in [0.1, 0.15) is 0 Å². The van der Waals surface area contributed by atoms with Crippen molar-refractivity contribution in [2.75, 3.05) is 23.7 Å². The fourth-order valence-corrected chi connectivity index (χ4v) is 1.22. The smallest absolute Gasteiger partial charge is 0.245 e. The molecule has 7 heteroatoms. The van der Waals surface area contributed by atoms with E-state index in [2.05, 4.69) is 48.7 Å². The van der Waals surface area contributed by atoms with Crippen LogP contribution >= 0.6 is 0 Å². The average molecular weight is 232 g/mol. The van der Waals surface area contributed by atoms with E-state index in [1.165, 1.54) is 0 Å². The Balaban J connectivity index is 2.35. The second-order valence-corrected chi connectivity index (χ2v) is 3.17. The maximum Gasteiger partial charge on any atom is 0.245 e. The summed E-state index contributed by atoms with van der Waals surface area (Å²) < 4.78 is 4.56. The molecule has 0 atom stereocenters. The second kappa shape index (κ2) is 5.06. The lowest BCUT2D eigenvalue weighted by Crippen LogP contribution is -2.09. The van der Waals surface area contributed by atoms with Crippen molar-refractivity contribution >= 4 is 22.9 Å². The van der Waals surface area contributed by atoms with Gasteiger partial charge in [0.2, 0.25) is 11.3 Å². The van der Waals surface area contributed by atoms with Gasteiger partial charge in [-0.3, -0.25) is 0 Å². The topological polar surface area (TPSA) is 88.8 Å². The molecule has 0 aromatic carbocycles. The first-order valence-electron chi connectivity index (χ1n) is 5.05.